The number of rotatable bonds is 6. The Balaban J connectivity index is 2.76. The maximum absolute atomic E-state index is 11.9. The zero-order chi connectivity index (χ0) is 16.0. The smallest absolute Gasteiger partial charge is 0.335 e. The van der Waals surface area contributed by atoms with E-state index < -0.39 is 12.0 Å². The topological polar surface area (TPSA) is 87.7 Å². The third kappa shape index (κ3) is 5.61. The molecule has 0 aliphatic heterocycles. The lowest BCUT2D eigenvalue weighted by Gasteiger charge is -2.21. The van der Waals surface area contributed by atoms with Crippen LogP contribution in [0.15, 0.2) is 18.2 Å². The average Bonchev–Trinajstić information content (AvgIpc) is 2.37. The molecule has 2 amide bonds. The SMILES string of the molecule is COCC(NC(=O)Nc1cc(Cl)cc(C(=O)O)c1)C(C)C. The highest BCUT2D eigenvalue weighted by Crippen LogP contribution is 2.19. The predicted molar refractivity (Wildman–Crippen MR) is 81.1 cm³/mol. The highest BCUT2D eigenvalue weighted by molar-refractivity contribution is 6.31. The van der Waals surface area contributed by atoms with Crippen LogP contribution in [0, 0.1) is 5.92 Å². The molecule has 6 nitrogen and oxygen atoms in total. The first-order chi connectivity index (χ1) is 9.83. The number of anilines is 1. The summed E-state index contributed by atoms with van der Waals surface area (Å²) in [6.45, 7) is 4.32. The van der Waals surface area contributed by atoms with Crippen molar-refractivity contribution in [2.75, 3.05) is 19.0 Å². The van der Waals surface area contributed by atoms with Crippen LogP contribution in [0.3, 0.4) is 0 Å². The first-order valence-electron chi connectivity index (χ1n) is 6.43. The highest BCUT2D eigenvalue weighted by atomic mass is 35.5. The third-order valence-corrected chi connectivity index (χ3v) is 3.09. The second-order valence-corrected chi connectivity index (χ2v) is 5.37. The number of benzene rings is 1. The Bertz CT molecular complexity index is 520. The maximum Gasteiger partial charge on any atom is 0.335 e. The Morgan fingerprint density at radius 2 is 2.00 bits per heavy atom. The van der Waals surface area contributed by atoms with Crippen molar-refractivity contribution in [2.45, 2.75) is 19.9 Å². The molecule has 0 saturated heterocycles. The molecule has 1 unspecified atom stereocenters. The van der Waals surface area contributed by atoms with Gasteiger partial charge in [0, 0.05) is 17.8 Å². The van der Waals surface area contributed by atoms with Crippen LogP contribution in [-0.4, -0.2) is 36.9 Å². The van der Waals surface area contributed by atoms with E-state index >= 15 is 0 Å². The molecule has 0 aliphatic rings. The average molecular weight is 315 g/mol. The number of nitrogens with one attached hydrogen (secondary N) is 2. The van der Waals surface area contributed by atoms with E-state index in [1.54, 1.807) is 7.11 Å². The van der Waals surface area contributed by atoms with Gasteiger partial charge >= 0.3 is 12.0 Å². The van der Waals surface area contributed by atoms with Crippen LogP contribution in [0.4, 0.5) is 10.5 Å². The molecule has 0 aliphatic carbocycles. The number of carboxylic acids is 1. The van der Waals surface area contributed by atoms with Crippen molar-refractivity contribution in [1.82, 2.24) is 5.32 Å². The molecular formula is C14H19ClN2O4. The molecule has 0 heterocycles. The highest BCUT2D eigenvalue weighted by Gasteiger charge is 2.16. The summed E-state index contributed by atoms with van der Waals surface area (Å²) in [5.41, 5.74) is 0.326. The molecule has 0 saturated carbocycles. The lowest BCUT2D eigenvalue weighted by atomic mass is 10.1. The van der Waals surface area contributed by atoms with Gasteiger partial charge in [0.25, 0.3) is 0 Å². The van der Waals surface area contributed by atoms with Crippen LogP contribution < -0.4 is 10.6 Å². The number of aromatic carboxylic acids is 1. The molecule has 1 aromatic carbocycles. The lowest BCUT2D eigenvalue weighted by molar-refractivity contribution is 0.0697. The van der Waals surface area contributed by atoms with E-state index in [-0.39, 0.29) is 22.5 Å². The molecular weight excluding hydrogens is 296 g/mol. The number of urea groups is 1. The fraction of sp³-hybridized carbons (Fsp3) is 0.429. The summed E-state index contributed by atoms with van der Waals surface area (Å²) in [6.07, 6.45) is 0. The number of hydrogen-bond donors (Lipinski definition) is 3. The van der Waals surface area contributed by atoms with Crippen LogP contribution in [0.1, 0.15) is 24.2 Å². The van der Waals surface area contributed by atoms with Gasteiger partial charge in [-0.25, -0.2) is 9.59 Å². The Kier molecular flexibility index (Phi) is 6.45. The summed E-state index contributed by atoms with van der Waals surface area (Å²) in [5, 5.41) is 14.5. The Morgan fingerprint density at radius 1 is 1.33 bits per heavy atom. The largest absolute Gasteiger partial charge is 0.478 e. The molecule has 7 heteroatoms. The van der Waals surface area contributed by atoms with Crippen molar-refractivity contribution in [3.05, 3.63) is 28.8 Å². The number of carbonyl (C=O) groups is 2. The zero-order valence-electron chi connectivity index (χ0n) is 12.1. The standard InChI is InChI=1S/C14H19ClN2O4/c1-8(2)12(7-21-3)17-14(20)16-11-5-9(13(18)19)4-10(15)6-11/h4-6,8,12H,7H2,1-3H3,(H,18,19)(H2,16,17,20). The lowest BCUT2D eigenvalue weighted by Crippen LogP contribution is -2.43. The van der Waals surface area contributed by atoms with E-state index in [0.717, 1.165) is 0 Å². The Labute approximate surface area is 128 Å². The number of halogens is 1. The van der Waals surface area contributed by atoms with Gasteiger partial charge in [-0.15, -0.1) is 0 Å². The minimum atomic E-state index is -1.11. The summed E-state index contributed by atoms with van der Waals surface area (Å²) in [5.74, 6) is -0.912. The van der Waals surface area contributed by atoms with Crippen LogP contribution >= 0.6 is 11.6 Å². The van der Waals surface area contributed by atoms with Gasteiger partial charge < -0.3 is 20.5 Å². The molecule has 116 valence electrons. The minimum absolute atomic E-state index is 0.00935. The molecule has 0 radical (unpaired) electrons. The van der Waals surface area contributed by atoms with Gasteiger partial charge in [-0.1, -0.05) is 25.4 Å². The van der Waals surface area contributed by atoms with Gasteiger partial charge in [0.1, 0.15) is 0 Å². The van der Waals surface area contributed by atoms with Crippen molar-refractivity contribution in [2.24, 2.45) is 5.92 Å². The third-order valence-electron chi connectivity index (χ3n) is 2.87. The monoisotopic (exact) mass is 314 g/mol. The van der Waals surface area contributed by atoms with E-state index in [4.69, 9.17) is 21.4 Å². The Morgan fingerprint density at radius 3 is 2.52 bits per heavy atom. The normalized spacial score (nSPS) is 12.0. The van der Waals surface area contributed by atoms with Crippen LogP contribution in [0.25, 0.3) is 0 Å². The van der Waals surface area contributed by atoms with Crippen LogP contribution in [0.5, 0.6) is 0 Å². The minimum Gasteiger partial charge on any atom is -0.478 e. The number of ether oxygens (including phenoxy) is 1. The van der Waals surface area contributed by atoms with Gasteiger partial charge in [0.15, 0.2) is 0 Å². The zero-order valence-corrected chi connectivity index (χ0v) is 12.9. The Hall–Kier alpha value is -1.79. The van der Waals surface area contributed by atoms with E-state index in [1.165, 1.54) is 18.2 Å². The van der Waals surface area contributed by atoms with Gasteiger partial charge in [-0.2, -0.15) is 0 Å². The van der Waals surface area contributed by atoms with Crippen molar-refractivity contribution < 1.29 is 19.4 Å². The quantitative estimate of drug-likeness (QED) is 0.753. The van der Waals surface area contributed by atoms with Crippen LogP contribution in [0.2, 0.25) is 5.02 Å². The van der Waals surface area contributed by atoms with E-state index in [0.29, 0.717) is 12.3 Å². The molecule has 1 aromatic rings. The van der Waals surface area contributed by atoms with Crippen molar-refractivity contribution >= 4 is 29.3 Å². The van der Waals surface area contributed by atoms with Gasteiger partial charge in [-0.05, 0) is 24.1 Å². The molecule has 3 N–H and O–H groups in total. The summed E-state index contributed by atoms with van der Waals surface area (Å²) in [4.78, 5) is 22.9. The molecule has 0 aromatic heterocycles. The van der Waals surface area contributed by atoms with E-state index in [2.05, 4.69) is 10.6 Å². The number of carboxylic acid groups (broad SMARTS) is 1. The van der Waals surface area contributed by atoms with Crippen molar-refractivity contribution in [1.29, 1.82) is 0 Å². The molecule has 21 heavy (non-hydrogen) atoms. The second kappa shape index (κ2) is 7.85. The van der Waals surface area contributed by atoms with Crippen molar-refractivity contribution in [3.8, 4) is 0 Å². The summed E-state index contributed by atoms with van der Waals surface area (Å²) < 4.78 is 5.04. The summed E-state index contributed by atoms with van der Waals surface area (Å²) in [7, 11) is 1.56. The molecule has 0 fully saturated rings. The second-order valence-electron chi connectivity index (χ2n) is 4.94. The van der Waals surface area contributed by atoms with Crippen LogP contribution in [-0.2, 0) is 4.74 Å². The fourth-order valence-electron chi connectivity index (χ4n) is 1.70. The number of amides is 2. The fourth-order valence-corrected chi connectivity index (χ4v) is 1.94. The molecule has 1 atom stereocenters. The van der Waals surface area contributed by atoms with Gasteiger partial charge in [0.2, 0.25) is 0 Å². The number of carbonyl (C=O) groups excluding carboxylic acids is 1. The molecule has 1 rings (SSSR count). The summed E-state index contributed by atoms with van der Waals surface area (Å²) in [6, 6.07) is 3.55. The molecule has 0 bridgehead atoms. The number of methoxy groups -OCH3 is 1. The summed E-state index contributed by atoms with van der Waals surface area (Å²) >= 11 is 5.83. The van der Waals surface area contributed by atoms with Gasteiger partial charge in [-0.3, -0.25) is 0 Å². The first-order valence-corrected chi connectivity index (χ1v) is 6.81. The first kappa shape index (κ1) is 17.3. The maximum atomic E-state index is 11.9. The molecule has 0 spiro atoms. The number of hydrogen-bond acceptors (Lipinski definition) is 3. The van der Waals surface area contributed by atoms with Crippen molar-refractivity contribution in [3.63, 3.8) is 0 Å². The predicted octanol–water partition coefficient (Wildman–Crippen LogP) is 2.83. The van der Waals surface area contributed by atoms with Gasteiger partial charge in [0.05, 0.1) is 18.2 Å². The van der Waals surface area contributed by atoms with E-state index in [9.17, 15) is 9.59 Å². The van der Waals surface area contributed by atoms with E-state index in [1.807, 2.05) is 13.8 Å².